The van der Waals surface area contributed by atoms with Gasteiger partial charge in [-0.2, -0.15) is 0 Å². The average molecular weight is 365 g/mol. The van der Waals surface area contributed by atoms with E-state index in [0.717, 1.165) is 29.8 Å². The molecule has 27 heavy (non-hydrogen) atoms. The van der Waals surface area contributed by atoms with Crippen LogP contribution in [0.5, 0.6) is 5.75 Å². The third kappa shape index (κ3) is 5.09. The van der Waals surface area contributed by atoms with E-state index in [2.05, 4.69) is 29.8 Å². The molecule has 1 aromatic heterocycles. The lowest BCUT2D eigenvalue weighted by Crippen LogP contribution is -2.31. The Balaban J connectivity index is 1.57. The molecule has 0 aliphatic carbocycles. The third-order valence-corrected chi connectivity index (χ3v) is 4.71. The number of nitrogens with one attached hydrogen (secondary N) is 1. The molecule has 0 saturated heterocycles. The van der Waals surface area contributed by atoms with Gasteiger partial charge >= 0.3 is 0 Å². The first-order valence-electron chi connectivity index (χ1n) is 9.56. The first-order chi connectivity index (χ1) is 13.2. The number of fused-ring (bicyclic) bond motifs is 1. The molecule has 142 valence electrons. The van der Waals surface area contributed by atoms with Crippen LogP contribution in [0.2, 0.25) is 0 Å². The molecule has 5 nitrogen and oxygen atoms in total. The van der Waals surface area contributed by atoms with Crippen molar-refractivity contribution in [1.29, 1.82) is 0 Å². The largest absolute Gasteiger partial charge is 0.484 e. The summed E-state index contributed by atoms with van der Waals surface area (Å²) in [7, 11) is 0. The molecule has 0 saturated carbocycles. The molecule has 0 aliphatic heterocycles. The van der Waals surface area contributed by atoms with E-state index < -0.39 is 0 Å². The summed E-state index contributed by atoms with van der Waals surface area (Å²) in [4.78, 5) is 16.8. The van der Waals surface area contributed by atoms with E-state index in [1.54, 1.807) is 0 Å². The van der Waals surface area contributed by atoms with E-state index >= 15 is 0 Å². The SMILES string of the molecule is CCC(C)Cn1c(CCNC(=O)COc2ccccc2)nc2ccccc21. The van der Waals surface area contributed by atoms with Crippen LogP contribution < -0.4 is 10.1 Å². The number of amides is 1. The highest BCUT2D eigenvalue weighted by Gasteiger charge is 2.13. The van der Waals surface area contributed by atoms with E-state index in [-0.39, 0.29) is 12.5 Å². The Morgan fingerprint density at radius 2 is 1.89 bits per heavy atom. The lowest BCUT2D eigenvalue weighted by atomic mass is 10.1. The number of carbonyl (C=O) groups is 1. The molecule has 1 unspecified atom stereocenters. The lowest BCUT2D eigenvalue weighted by Gasteiger charge is -2.14. The van der Waals surface area contributed by atoms with E-state index in [1.807, 2.05) is 48.5 Å². The molecular formula is C22H27N3O2. The first-order valence-corrected chi connectivity index (χ1v) is 9.56. The van der Waals surface area contributed by atoms with Gasteiger partial charge in [0.25, 0.3) is 5.91 Å². The molecule has 1 atom stereocenters. The number of imidazole rings is 1. The molecule has 0 bridgehead atoms. The third-order valence-electron chi connectivity index (χ3n) is 4.71. The molecule has 3 aromatic rings. The Hall–Kier alpha value is -2.82. The first kappa shape index (κ1) is 19.0. The van der Waals surface area contributed by atoms with Crippen LogP contribution in [0.25, 0.3) is 11.0 Å². The van der Waals surface area contributed by atoms with Crippen LogP contribution >= 0.6 is 0 Å². The van der Waals surface area contributed by atoms with E-state index in [1.165, 1.54) is 0 Å². The van der Waals surface area contributed by atoms with Gasteiger partial charge in [-0.1, -0.05) is 50.6 Å². The second-order valence-corrected chi connectivity index (χ2v) is 6.84. The molecule has 1 N–H and O–H groups in total. The van der Waals surface area contributed by atoms with Gasteiger partial charge in [-0.05, 0) is 30.2 Å². The van der Waals surface area contributed by atoms with Crippen molar-refractivity contribution in [3.05, 3.63) is 60.4 Å². The molecule has 5 heteroatoms. The maximum absolute atomic E-state index is 12.0. The maximum Gasteiger partial charge on any atom is 0.257 e. The van der Waals surface area contributed by atoms with E-state index in [0.29, 0.717) is 24.6 Å². The Labute approximate surface area is 160 Å². The quantitative estimate of drug-likeness (QED) is 0.627. The van der Waals surface area contributed by atoms with Crippen LogP contribution in [0, 0.1) is 5.92 Å². The highest BCUT2D eigenvalue weighted by atomic mass is 16.5. The molecule has 0 fully saturated rings. The average Bonchev–Trinajstić information content (AvgIpc) is 3.04. The van der Waals surface area contributed by atoms with E-state index in [4.69, 9.17) is 9.72 Å². The lowest BCUT2D eigenvalue weighted by molar-refractivity contribution is -0.123. The highest BCUT2D eigenvalue weighted by Crippen LogP contribution is 2.19. The van der Waals surface area contributed by atoms with Gasteiger partial charge in [0.15, 0.2) is 6.61 Å². The van der Waals surface area contributed by atoms with Gasteiger partial charge in [-0.15, -0.1) is 0 Å². The predicted molar refractivity (Wildman–Crippen MR) is 108 cm³/mol. The number of benzene rings is 2. The fourth-order valence-corrected chi connectivity index (χ4v) is 2.99. The Bertz CT molecular complexity index is 874. The van der Waals surface area contributed by atoms with Crippen molar-refractivity contribution in [2.75, 3.05) is 13.2 Å². The van der Waals surface area contributed by atoms with Gasteiger partial charge in [0.05, 0.1) is 11.0 Å². The molecule has 0 radical (unpaired) electrons. The van der Waals surface area contributed by atoms with Crippen LogP contribution in [0.1, 0.15) is 26.1 Å². The molecule has 2 aromatic carbocycles. The minimum Gasteiger partial charge on any atom is -0.484 e. The minimum atomic E-state index is -0.122. The van der Waals surface area contributed by atoms with Crippen molar-refractivity contribution in [3.8, 4) is 5.75 Å². The van der Waals surface area contributed by atoms with E-state index in [9.17, 15) is 4.79 Å². The highest BCUT2D eigenvalue weighted by molar-refractivity contribution is 5.77. The van der Waals surface area contributed by atoms with Gasteiger partial charge in [0, 0.05) is 19.5 Å². The second kappa shape index (κ2) is 9.21. The second-order valence-electron chi connectivity index (χ2n) is 6.84. The number of aromatic nitrogens is 2. The summed E-state index contributed by atoms with van der Waals surface area (Å²) in [6.45, 7) is 5.96. The zero-order valence-electron chi connectivity index (χ0n) is 16.0. The van der Waals surface area contributed by atoms with Gasteiger partial charge in [0.1, 0.15) is 11.6 Å². The van der Waals surface area contributed by atoms with Crippen LogP contribution in [-0.4, -0.2) is 28.6 Å². The van der Waals surface area contributed by atoms with Crippen molar-refractivity contribution in [2.45, 2.75) is 33.2 Å². The molecular weight excluding hydrogens is 338 g/mol. The summed E-state index contributed by atoms with van der Waals surface area (Å²) < 4.78 is 7.76. The summed E-state index contributed by atoms with van der Waals surface area (Å²) in [6, 6.07) is 17.6. The Morgan fingerprint density at radius 3 is 2.67 bits per heavy atom. The number of nitrogens with zero attached hydrogens (tertiary/aromatic N) is 2. The molecule has 0 spiro atoms. The Morgan fingerprint density at radius 1 is 1.15 bits per heavy atom. The topological polar surface area (TPSA) is 56.2 Å². The number of hydrogen-bond acceptors (Lipinski definition) is 3. The minimum absolute atomic E-state index is 0.0211. The van der Waals surface area contributed by atoms with Crippen molar-refractivity contribution in [3.63, 3.8) is 0 Å². The van der Waals surface area contributed by atoms with Crippen molar-refractivity contribution < 1.29 is 9.53 Å². The normalized spacial score (nSPS) is 12.1. The van der Waals surface area contributed by atoms with Crippen molar-refractivity contribution >= 4 is 16.9 Å². The summed E-state index contributed by atoms with van der Waals surface area (Å²) in [5, 5.41) is 2.92. The van der Waals surface area contributed by atoms with Gasteiger partial charge in [-0.25, -0.2) is 4.98 Å². The fourth-order valence-electron chi connectivity index (χ4n) is 2.99. The number of hydrogen-bond donors (Lipinski definition) is 1. The summed E-state index contributed by atoms with van der Waals surface area (Å²) >= 11 is 0. The summed E-state index contributed by atoms with van der Waals surface area (Å²) in [5.74, 6) is 2.17. The number of rotatable bonds is 9. The van der Waals surface area contributed by atoms with Crippen LogP contribution in [0.15, 0.2) is 54.6 Å². The van der Waals surface area contributed by atoms with Gasteiger partial charge in [-0.3, -0.25) is 4.79 Å². The van der Waals surface area contributed by atoms with Crippen LogP contribution in [0.3, 0.4) is 0 Å². The molecule has 3 rings (SSSR count). The van der Waals surface area contributed by atoms with Crippen LogP contribution in [0.4, 0.5) is 0 Å². The van der Waals surface area contributed by atoms with Crippen molar-refractivity contribution in [1.82, 2.24) is 14.9 Å². The van der Waals surface area contributed by atoms with Gasteiger partial charge < -0.3 is 14.6 Å². The smallest absolute Gasteiger partial charge is 0.257 e. The predicted octanol–water partition coefficient (Wildman–Crippen LogP) is 3.82. The standard InChI is InChI=1S/C22H27N3O2/c1-3-17(2)15-25-20-12-8-7-11-19(20)24-21(25)13-14-23-22(26)16-27-18-9-5-4-6-10-18/h4-12,17H,3,13-16H2,1-2H3,(H,23,26). The maximum atomic E-state index is 12.0. The number of carbonyl (C=O) groups excluding carboxylic acids is 1. The Kier molecular flexibility index (Phi) is 6.47. The summed E-state index contributed by atoms with van der Waals surface area (Å²) in [5.41, 5.74) is 2.17. The van der Waals surface area contributed by atoms with Crippen molar-refractivity contribution in [2.24, 2.45) is 5.92 Å². The fraction of sp³-hybridized carbons (Fsp3) is 0.364. The number of ether oxygens (including phenoxy) is 1. The van der Waals surface area contributed by atoms with Crippen LogP contribution in [-0.2, 0) is 17.8 Å². The molecule has 0 aliphatic rings. The van der Waals surface area contributed by atoms with Gasteiger partial charge in [0.2, 0.25) is 0 Å². The molecule has 1 heterocycles. The zero-order valence-corrected chi connectivity index (χ0v) is 16.0. The molecule has 1 amide bonds. The monoisotopic (exact) mass is 365 g/mol. The number of para-hydroxylation sites is 3. The zero-order chi connectivity index (χ0) is 19.1. The summed E-state index contributed by atoms with van der Waals surface area (Å²) in [6.07, 6.45) is 1.82.